The lowest BCUT2D eigenvalue weighted by molar-refractivity contribution is 0.380. The minimum absolute atomic E-state index is 0.301. The number of pyridine rings is 2. The number of hydrogen-bond acceptors (Lipinski definition) is 12. The van der Waals surface area contributed by atoms with Crippen LogP contribution in [-0.4, -0.2) is 63.7 Å². The van der Waals surface area contributed by atoms with Crippen LogP contribution in [0, 0.1) is 0 Å². The third-order valence-electron chi connectivity index (χ3n) is 6.55. The first-order chi connectivity index (χ1) is 21.7. The van der Waals surface area contributed by atoms with Crippen LogP contribution in [0.1, 0.15) is 0 Å². The molecule has 0 aliphatic carbocycles. The Balaban J connectivity index is 0.000000142. The minimum atomic E-state index is 0.301. The first kappa shape index (κ1) is 27.0. The lowest BCUT2D eigenvalue weighted by Gasteiger charge is -2.07. The Morgan fingerprint density at radius 3 is 1.80 bits per heavy atom. The van der Waals surface area contributed by atoms with Gasteiger partial charge in [0.25, 0.3) is 0 Å². The van der Waals surface area contributed by atoms with Crippen LogP contribution in [0.4, 0.5) is 0 Å². The van der Waals surface area contributed by atoms with Gasteiger partial charge in [0.1, 0.15) is 11.4 Å². The number of nitrogens with one attached hydrogen (secondary N) is 2. The zero-order chi connectivity index (χ0) is 29.9. The second-order valence-electron chi connectivity index (χ2n) is 9.20. The molecular formula is C30H22N10O3S. The van der Waals surface area contributed by atoms with Gasteiger partial charge in [0, 0.05) is 34.3 Å². The third kappa shape index (κ3) is 5.25. The molecule has 0 radical (unpaired) electrons. The van der Waals surface area contributed by atoms with E-state index in [0.29, 0.717) is 40.2 Å². The summed E-state index contributed by atoms with van der Waals surface area (Å²) in [5.41, 5.74) is 6.04. The van der Waals surface area contributed by atoms with E-state index in [1.54, 1.807) is 43.4 Å². The molecule has 0 aromatic carbocycles. The molecule has 0 amide bonds. The van der Waals surface area contributed by atoms with Gasteiger partial charge in [-0.2, -0.15) is 15.2 Å². The standard InChI is InChI=1S/C15H11N5O2.C15H11N5OS/c1-21-15-16-5-4-11(18-15)10-7-9-8-17-20-14(9)19-13(10)12-3-2-6-22-12;1-22-15-16-5-4-11(18-15)10-7-9-8-17-20-14(9)19-13(10)12-3-2-6-21-12/h2*2-8H,1H3,(H,17,19,20). The Labute approximate surface area is 253 Å². The van der Waals surface area contributed by atoms with Crippen molar-refractivity contribution in [2.45, 2.75) is 5.16 Å². The van der Waals surface area contributed by atoms with Gasteiger partial charge in [-0.05, 0) is 54.8 Å². The van der Waals surface area contributed by atoms with Crippen molar-refractivity contribution in [1.29, 1.82) is 0 Å². The Morgan fingerprint density at radius 1 is 0.705 bits per heavy atom. The van der Waals surface area contributed by atoms with E-state index in [0.717, 1.165) is 38.4 Å². The van der Waals surface area contributed by atoms with Crippen molar-refractivity contribution in [1.82, 2.24) is 50.3 Å². The highest BCUT2D eigenvalue weighted by atomic mass is 32.2. The highest BCUT2D eigenvalue weighted by Gasteiger charge is 2.17. The summed E-state index contributed by atoms with van der Waals surface area (Å²) in [5, 5.41) is 16.3. The van der Waals surface area contributed by atoms with Crippen molar-refractivity contribution in [2.24, 2.45) is 0 Å². The van der Waals surface area contributed by atoms with E-state index in [2.05, 4.69) is 50.3 Å². The minimum Gasteiger partial charge on any atom is -0.467 e. The van der Waals surface area contributed by atoms with Gasteiger partial charge >= 0.3 is 6.01 Å². The van der Waals surface area contributed by atoms with Gasteiger partial charge in [-0.15, -0.1) is 0 Å². The summed E-state index contributed by atoms with van der Waals surface area (Å²) in [5.74, 6) is 1.35. The van der Waals surface area contributed by atoms with Gasteiger partial charge in [0.15, 0.2) is 28.0 Å². The Morgan fingerprint density at radius 2 is 1.27 bits per heavy atom. The number of furan rings is 2. The number of hydrogen-bond donors (Lipinski definition) is 2. The molecule has 8 aromatic heterocycles. The first-order valence-electron chi connectivity index (χ1n) is 13.2. The SMILES string of the molecule is COc1nccc(-c2cc3cn[nH]c3nc2-c2ccco2)n1.CSc1nccc(-c2cc3cn[nH]c3nc2-c2ccco2)n1. The normalized spacial score (nSPS) is 11.0. The number of thioether (sulfide) groups is 1. The number of nitrogens with zero attached hydrogens (tertiary/aromatic N) is 8. The summed E-state index contributed by atoms with van der Waals surface area (Å²) < 4.78 is 16.1. The van der Waals surface area contributed by atoms with Crippen LogP contribution < -0.4 is 4.74 Å². The van der Waals surface area contributed by atoms with Gasteiger partial charge < -0.3 is 13.6 Å². The van der Waals surface area contributed by atoms with Crippen molar-refractivity contribution in [2.75, 3.05) is 13.4 Å². The van der Waals surface area contributed by atoms with Crippen LogP contribution >= 0.6 is 11.8 Å². The number of aromatic amines is 2. The van der Waals surface area contributed by atoms with Crippen LogP contribution in [-0.2, 0) is 0 Å². The molecule has 8 rings (SSSR count). The van der Waals surface area contributed by atoms with Crippen LogP contribution in [0.5, 0.6) is 6.01 Å². The second kappa shape index (κ2) is 11.8. The molecule has 44 heavy (non-hydrogen) atoms. The Bertz CT molecular complexity index is 2020. The molecule has 0 saturated heterocycles. The molecule has 0 atom stereocenters. The fourth-order valence-electron chi connectivity index (χ4n) is 4.53. The molecule has 8 heterocycles. The van der Waals surface area contributed by atoms with Gasteiger partial charge in [-0.3, -0.25) is 10.2 Å². The summed E-state index contributed by atoms with van der Waals surface area (Å²) in [6.45, 7) is 0. The van der Waals surface area contributed by atoms with E-state index in [4.69, 9.17) is 13.6 Å². The number of H-pyrrole nitrogens is 2. The van der Waals surface area contributed by atoms with Crippen molar-refractivity contribution < 1.29 is 13.6 Å². The lowest BCUT2D eigenvalue weighted by Crippen LogP contribution is -1.95. The number of rotatable bonds is 6. The van der Waals surface area contributed by atoms with E-state index < -0.39 is 0 Å². The van der Waals surface area contributed by atoms with Crippen molar-refractivity contribution in [3.05, 3.63) is 85.8 Å². The maximum atomic E-state index is 5.52. The highest BCUT2D eigenvalue weighted by molar-refractivity contribution is 7.98. The summed E-state index contributed by atoms with van der Waals surface area (Å²) in [7, 11) is 1.53. The lowest BCUT2D eigenvalue weighted by atomic mass is 10.1. The molecular weight excluding hydrogens is 580 g/mol. The maximum Gasteiger partial charge on any atom is 0.316 e. The topological polar surface area (TPSA) is 170 Å². The van der Waals surface area contributed by atoms with Crippen LogP contribution in [0.3, 0.4) is 0 Å². The summed E-state index contributed by atoms with van der Waals surface area (Å²) in [6.07, 6.45) is 12.0. The Hall–Kier alpha value is -5.89. The van der Waals surface area contributed by atoms with Crippen LogP contribution in [0.2, 0.25) is 0 Å². The van der Waals surface area contributed by atoms with Gasteiger partial charge in [-0.1, -0.05) is 11.8 Å². The molecule has 8 aromatic rings. The zero-order valence-corrected chi connectivity index (χ0v) is 24.1. The van der Waals surface area contributed by atoms with E-state index in [1.807, 2.05) is 48.7 Å². The number of aromatic nitrogens is 10. The van der Waals surface area contributed by atoms with E-state index in [9.17, 15) is 0 Å². The second-order valence-corrected chi connectivity index (χ2v) is 9.97. The molecule has 13 nitrogen and oxygen atoms in total. The quantitative estimate of drug-likeness (QED) is 0.166. The number of methoxy groups -OCH3 is 1. The van der Waals surface area contributed by atoms with E-state index in [-0.39, 0.29) is 0 Å². The zero-order valence-electron chi connectivity index (χ0n) is 23.3. The van der Waals surface area contributed by atoms with E-state index in [1.165, 1.54) is 18.9 Å². The average Bonchev–Trinajstić information content (AvgIpc) is 3.91. The maximum absolute atomic E-state index is 5.52. The summed E-state index contributed by atoms with van der Waals surface area (Å²) in [4.78, 5) is 26.4. The molecule has 0 saturated carbocycles. The molecule has 216 valence electrons. The van der Waals surface area contributed by atoms with Crippen molar-refractivity contribution in [3.63, 3.8) is 0 Å². The molecule has 14 heteroatoms. The molecule has 0 bridgehead atoms. The fourth-order valence-corrected chi connectivity index (χ4v) is 4.89. The summed E-state index contributed by atoms with van der Waals surface area (Å²) >= 11 is 1.50. The van der Waals surface area contributed by atoms with Gasteiger partial charge in [0.05, 0.1) is 43.4 Å². The van der Waals surface area contributed by atoms with Gasteiger partial charge in [-0.25, -0.2) is 24.9 Å². The molecule has 2 N–H and O–H groups in total. The molecule has 0 aliphatic heterocycles. The molecule has 0 unspecified atom stereocenters. The largest absolute Gasteiger partial charge is 0.467 e. The van der Waals surface area contributed by atoms with Crippen molar-refractivity contribution >= 4 is 33.8 Å². The Kier molecular flexibility index (Phi) is 7.22. The predicted octanol–water partition coefficient (Wildman–Crippen LogP) is 6.08. The first-order valence-corrected chi connectivity index (χ1v) is 14.4. The smallest absolute Gasteiger partial charge is 0.316 e. The van der Waals surface area contributed by atoms with Gasteiger partial charge in [0.2, 0.25) is 0 Å². The predicted molar refractivity (Wildman–Crippen MR) is 164 cm³/mol. The molecule has 0 aliphatic rings. The summed E-state index contributed by atoms with van der Waals surface area (Å²) in [6, 6.07) is 15.3. The highest BCUT2D eigenvalue weighted by Crippen LogP contribution is 2.34. The van der Waals surface area contributed by atoms with E-state index >= 15 is 0 Å². The number of ether oxygens (including phenoxy) is 1. The average molecular weight is 603 g/mol. The monoisotopic (exact) mass is 602 g/mol. The molecule has 0 fully saturated rings. The number of fused-ring (bicyclic) bond motifs is 2. The third-order valence-corrected chi connectivity index (χ3v) is 7.11. The van der Waals surface area contributed by atoms with Crippen LogP contribution in [0.15, 0.2) is 99.8 Å². The van der Waals surface area contributed by atoms with Crippen LogP contribution in [0.25, 0.3) is 67.5 Å². The molecule has 0 spiro atoms. The van der Waals surface area contributed by atoms with Crippen molar-refractivity contribution in [3.8, 4) is 51.4 Å². The fraction of sp³-hybridized carbons (Fsp3) is 0.0667.